The normalized spacial score (nSPS) is 38.9. The number of rotatable bonds is 4. The highest BCUT2D eigenvalue weighted by Gasteiger charge is 2.65. The smallest absolute Gasteiger partial charge is 0.303 e. The van der Waals surface area contributed by atoms with E-state index >= 15 is 0 Å². The SMILES string of the molecule is CC(=O)OC1CC2(C)[C@@H](CCC23OCCO3)C2=C1C=C1[C@@H](OC(C)=O)[C@H](OC(C)=O)[C@@H](N(C)C)C[C@]1(O)CC2. The van der Waals surface area contributed by atoms with Crippen molar-refractivity contribution in [1.29, 1.82) is 0 Å². The van der Waals surface area contributed by atoms with Gasteiger partial charge in [-0.15, -0.1) is 0 Å². The van der Waals surface area contributed by atoms with Gasteiger partial charge in [0, 0.05) is 38.2 Å². The first kappa shape index (κ1) is 28.3. The highest BCUT2D eigenvalue weighted by Crippen LogP contribution is 2.64. The summed E-state index contributed by atoms with van der Waals surface area (Å²) >= 11 is 0. The number of aliphatic hydroxyl groups is 1. The van der Waals surface area contributed by atoms with Crippen molar-refractivity contribution in [3.05, 3.63) is 22.8 Å². The van der Waals surface area contributed by atoms with Crippen molar-refractivity contribution in [3.8, 4) is 0 Å². The van der Waals surface area contributed by atoms with Crippen molar-refractivity contribution < 1.29 is 43.2 Å². The van der Waals surface area contributed by atoms with E-state index in [9.17, 15) is 19.5 Å². The van der Waals surface area contributed by atoms with Gasteiger partial charge in [0.25, 0.3) is 0 Å². The van der Waals surface area contributed by atoms with Gasteiger partial charge in [-0.1, -0.05) is 12.5 Å². The molecule has 0 aromatic heterocycles. The number of carbonyl (C=O) groups is 3. The predicted molar refractivity (Wildman–Crippen MR) is 138 cm³/mol. The molecule has 0 bridgehead atoms. The minimum atomic E-state index is -1.32. The first-order chi connectivity index (χ1) is 18.3. The maximum atomic E-state index is 12.3. The maximum Gasteiger partial charge on any atom is 0.303 e. The Morgan fingerprint density at radius 3 is 2.21 bits per heavy atom. The molecule has 1 N–H and O–H groups in total. The number of ether oxygens (including phenoxy) is 5. The second-order valence-electron chi connectivity index (χ2n) is 12.2. The third kappa shape index (κ3) is 4.63. The molecule has 4 aliphatic carbocycles. The van der Waals surface area contributed by atoms with Gasteiger partial charge in [-0.05, 0) is 63.8 Å². The molecule has 1 aliphatic heterocycles. The molecule has 0 aromatic rings. The molecule has 5 aliphatic rings. The average molecular weight is 548 g/mol. The third-order valence-electron chi connectivity index (χ3n) is 9.66. The molecule has 2 saturated carbocycles. The van der Waals surface area contributed by atoms with Crippen molar-refractivity contribution in [2.24, 2.45) is 11.3 Å². The molecule has 0 radical (unpaired) electrons. The fraction of sp³-hybridized carbons (Fsp3) is 0.759. The second kappa shape index (κ2) is 9.98. The molecule has 0 amide bonds. The van der Waals surface area contributed by atoms with Crippen LogP contribution in [0.1, 0.15) is 66.2 Å². The van der Waals surface area contributed by atoms with Gasteiger partial charge in [0.15, 0.2) is 18.0 Å². The lowest BCUT2D eigenvalue weighted by Crippen LogP contribution is -2.60. The summed E-state index contributed by atoms with van der Waals surface area (Å²) in [6.07, 6.45) is 2.83. The summed E-state index contributed by atoms with van der Waals surface area (Å²) in [5.74, 6) is -2.06. The van der Waals surface area contributed by atoms with Crippen LogP contribution in [0.2, 0.25) is 0 Å². The molecule has 5 rings (SSSR count). The molecular formula is C29H41NO9. The van der Waals surface area contributed by atoms with Crippen LogP contribution in [-0.2, 0) is 38.1 Å². The Morgan fingerprint density at radius 1 is 0.974 bits per heavy atom. The Morgan fingerprint density at radius 2 is 1.62 bits per heavy atom. The molecule has 10 nitrogen and oxygen atoms in total. The molecular weight excluding hydrogens is 506 g/mol. The van der Waals surface area contributed by atoms with Crippen LogP contribution in [0.5, 0.6) is 0 Å². The summed E-state index contributed by atoms with van der Waals surface area (Å²) in [4.78, 5) is 38.7. The van der Waals surface area contributed by atoms with Crippen molar-refractivity contribution in [1.82, 2.24) is 4.90 Å². The Labute approximate surface area is 229 Å². The Hall–Kier alpha value is -2.27. The van der Waals surface area contributed by atoms with E-state index in [2.05, 4.69) is 6.92 Å². The Bertz CT molecular complexity index is 1110. The number of carbonyl (C=O) groups excluding carboxylic acids is 3. The summed E-state index contributed by atoms with van der Waals surface area (Å²) in [6, 6.07) is -0.389. The van der Waals surface area contributed by atoms with Crippen molar-refractivity contribution in [2.45, 2.75) is 102 Å². The number of hydrogen-bond donors (Lipinski definition) is 1. The van der Waals surface area contributed by atoms with E-state index in [4.69, 9.17) is 23.7 Å². The van der Waals surface area contributed by atoms with Crippen molar-refractivity contribution in [3.63, 3.8) is 0 Å². The van der Waals surface area contributed by atoms with Gasteiger partial charge in [0.1, 0.15) is 6.10 Å². The fourth-order valence-corrected chi connectivity index (χ4v) is 8.02. The highest BCUT2D eigenvalue weighted by atomic mass is 16.7. The zero-order valence-electron chi connectivity index (χ0n) is 23.8. The zero-order chi connectivity index (χ0) is 28.3. The van der Waals surface area contributed by atoms with Crippen LogP contribution in [0, 0.1) is 11.3 Å². The lowest BCUT2D eigenvalue weighted by atomic mass is 9.63. The lowest BCUT2D eigenvalue weighted by Gasteiger charge is -2.48. The minimum absolute atomic E-state index is 0.110. The first-order valence-corrected chi connectivity index (χ1v) is 13.9. The van der Waals surface area contributed by atoms with E-state index < -0.39 is 53.0 Å². The summed E-state index contributed by atoms with van der Waals surface area (Å²) < 4.78 is 30.0. The molecule has 39 heavy (non-hydrogen) atoms. The molecule has 216 valence electrons. The summed E-state index contributed by atoms with van der Waals surface area (Å²) in [6.45, 7) is 7.24. The molecule has 1 spiro atoms. The molecule has 1 heterocycles. The Kier molecular flexibility index (Phi) is 7.23. The van der Waals surface area contributed by atoms with Crippen LogP contribution >= 0.6 is 0 Å². The number of fused-ring (bicyclic) bond motifs is 4. The monoisotopic (exact) mass is 547 g/mol. The first-order valence-electron chi connectivity index (χ1n) is 13.9. The minimum Gasteiger partial charge on any atom is -0.458 e. The Balaban J connectivity index is 1.65. The van der Waals surface area contributed by atoms with E-state index in [0.717, 1.165) is 24.0 Å². The zero-order valence-corrected chi connectivity index (χ0v) is 23.8. The van der Waals surface area contributed by atoms with E-state index in [-0.39, 0.29) is 12.0 Å². The van der Waals surface area contributed by atoms with Crippen LogP contribution in [0.4, 0.5) is 0 Å². The average Bonchev–Trinajstić information content (AvgIpc) is 3.37. The van der Waals surface area contributed by atoms with Gasteiger partial charge in [-0.3, -0.25) is 14.4 Å². The van der Waals surface area contributed by atoms with Gasteiger partial charge in [-0.25, -0.2) is 0 Å². The van der Waals surface area contributed by atoms with E-state index in [0.29, 0.717) is 44.5 Å². The van der Waals surface area contributed by atoms with E-state index in [1.165, 1.54) is 20.8 Å². The molecule has 0 aromatic carbocycles. The van der Waals surface area contributed by atoms with Crippen LogP contribution in [0.15, 0.2) is 22.8 Å². The number of nitrogens with zero attached hydrogens (tertiary/aromatic N) is 1. The number of esters is 3. The van der Waals surface area contributed by atoms with Gasteiger partial charge in [-0.2, -0.15) is 0 Å². The number of allylic oxidation sites excluding steroid dienone is 1. The third-order valence-corrected chi connectivity index (χ3v) is 9.66. The summed E-state index contributed by atoms with van der Waals surface area (Å²) in [7, 11) is 3.71. The quantitative estimate of drug-likeness (QED) is 0.415. The summed E-state index contributed by atoms with van der Waals surface area (Å²) in [5.41, 5.74) is 0.690. The summed E-state index contributed by atoms with van der Waals surface area (Å²) in [5, 5.41) is 12.2. The largest absolute Gasteiger partial charge is 0.458 e. The molecule has 10 heteroatoms. The van der Waals surface area contributed by atoms with E-state index in [1.807, 2.05) is 25.1 Å². The van der Waals surface area contributed by atoms with Gasteiger partial charge in [0.2, 0.25) is 0 Å². The highest BCUT2D eigenvalue weighted by molar-refractivity contribution is 5.69. The second-order valence-corrected chi connectivity index (χ2v) is 12.2. The molecule has 2 unspecified atom stereocenters. The fourth-order valence-electron chi connectivity index (χ4n) is 8.02. The van der Waals surface area contributed by atoms with Crippen LogP contribution < -0.4 is 0 Å². The number of likely N-dealkylation sites (N-methyl/N-ethyl adjacent to an activating group) is 1. The maximum absolute atomic E-state index is 12.3. The molecule has 1 saturated heterocycles. The van der Waals surface area contributed by atoms with E-state index in [1.54, 1.807) is 0 Å². The standard InChI is InChI=1S/C29H41NO9/c1-16(31)37-24-15-27(4)21(8-10-29(27)35-11-12-36-29)19-7-9-28(34)14-23(30(5)6)26(39-18(3)33)25(38-17(2)32)22(28)13-20(19)24/h13,21,23-26,34H,7-12,14-15H2,1-6H3/t21-,23-,24?,25+,26+,27?,28+/m0/s1. The van der Waals surface area contributed by atoms with Gasteiger partial charge in [0.05, 0.1) is 24.9 Å². The van der Waals surface area contributed by atoms with Gasteiger partial charge < -0.3 is 33.7 Å². The van der Waals surface area contributed by atoms with Crippen LogP contribution in [0.3, 0.4) is 0 Å². The topological polar surface area (TPSA) is 121 Å². The molecule has 3 fully saturated rings. The van der Waals surface area contributed by atoms with Crippen LogP contribution in [0.25, 0.3) is 0 Å². The predicted octanol–water partition coefficient (Wildman–Crippen LogP) is 2.43. The van der Waals surface area contributed by atoms with Crippen molar-refractivity contribution >= 4 is 17.9 Å². The lowest BCUT2D eigenvalue weighted by molar-refractivity contribution is -0.232. The number of hydrogen-bond acceptors (Lipinski definition) is 10. The molecule has 7 atom stereocenters. The van der Waals surface area contributed by atoms with Crippen molar-refractivity contribution in [2.75, 3.05) is 27.3 Å². The van der Waals surface area contributed by atoms with Crippen LogP contribution in [-0.4, -0.2) is 91.0 Å². The van der Waals surface area contributed by atoms with Gasteiger partial charge >= 0.3 is 17.9 Å².